The second-order valence-corrected chi connectivity index (χ2v) is 20.3. The molecule has 3 atom stereocenters. The number of nitrogens with one attached hydrogen (secondary N) is 1. The average molecular weight is 893 g/mol. The molecule has 0 aliphatic rings. The monoisotopic (exact) mass is 893 g/mol. The van der Waals surface area contributed by atoms with E-state index in [1.807, 2.05) is 27.2 Å². The lowest BCUT2D eigenvalue weighted by Gasteiger charge is -2.29. The first-order valence-electron chi connectivity index (χ1n) is 26.0. The molecule has 0 bridgehead atoms. The van der Waals surface area contributed by atoms with Gasteiger partial charge >= 0.3 is 0 Å². The number of aliphatic hydroxyl groups is 1. The summed E-state index contributed by atoms with van der Waals surface area (Å²) in [5.41, 5.74) is 0. The molecule has 0 fully saturated rings. The quantitative estimate of drug-likeness (QED) is 0.0273. The summed E-state index contributed by atoms with van der Waals surface area (Å²) in [6.07, 6.45) is 57.5. The van der Waals surface area contributed by atoms with Gasteiger partial charge in [-0.1, -0.05) is 204 Å². The zero-order chi connectivity index (χ0) is 45.7. The number of carbonyl (C=O) groups excluding carboxylic acids is 1. The Morgan fingerprint density at radius 3 is 1.31 bits per heavy atom. The molecule has 62 heavy (non-hydrogen) atoms. The van der Waals surface area contributed by atoms with Crippen molar-refractivity contribution in [2.45, 2.75) is 244 Å². The van der Waals surface area contributed by atoms with E-state index in [-0.39, 0.29) is 12.5 Å². The summed E-state index contributed by atoms with van der Waals surface area (Å²) in [4.78, 5) is 25.4. The van der Waals surface area contributed by atoms with Crippen molar-refractivity contribution in [2.24, 2.45) is 0 Å². The van der Waals surface area contributed by atoms with Crippen molar-refractivity contribution in [1.29, 1.82) is 0 Å². The third-order valence-electron chi connectivity index (χ3n) is 11.5. The summed E-state index contributed by atoms with van der Waals surface area (Å²) < 4.78 is 23.2. The minimum absolute atomic E-state index is 0.0113. The molecule has 1 amide bonds. The lowest BCUT2D eigenvalue weighted by atomic mass is 10.0. The van der Waals surface area contributed by atoms with Crippen molar-refractivity contribution in [3.63, 3.8) is 0 Å². The van der Waals surface area contributed by atoms with Gasteiger partial charge in [0.05, 0.1) is 39.9 Å². The van der Waals surface area contributed by atoms with Gasteiger partial charge in [0, 0.05) is 6.42 Å². The summed E-state index contributed by atoms with van der Waals surface area (Å²) in [6.45, 7) is 4.62. The number of carbonyl (C=O) groups is 1. The largest absolute Gasteiger partial charge is 0.756 e. The Hall–Kier alpha value is -1.54. The number of likely N-dealkylation sites (N-methyl/N-ethyl adjacent to an activating group) is 1. The lowest BCUT2D eigenvalue weighted by Crippen LogP contribution is -2.45. The Morgan fingerprint density at radius 2 is 0.903 bits per heavy atom. The van der Waals surface area contributed by atoms with Crippen molar-refractivity contribution >= 4 is 13.7 Å². The summed E-state index contributed by atoms with van der Waals surface area (Å²) in [6, 6.07) is -0.914. The van der Waals surface area contributed by atoms with E-state index in [0.29, 0.717) is 17.4 Å². The number of amides is 1. The highest BCUT2D eigenvalue weighted by Crippen LogP contribution is 2.38. The summed E-state index contributed by atoms with van der Waals surface area (Å²) in [7, 11) is 1.23. The Kier molecular flexibility index (Phi) is 43.5. The molecule has 0 rings (SSSR count). The van der Waals surface area contributed by atoms with Crippen LogP contribution in [0, 0.1) is 0 Å². The zero-order valence-electron chi connectivity index (χ0n) is 41.3. The second-order valence-electron chi connectivity index (χ2n) is 18.9. The van der Waals surface area contributed by atoms with E-state index in [1.165, 1.54) is 148 Å². The summed E-state index contributed by atoms with van der Waals surface area (Å²) in [5, 5.41) is 13.8. The number of allylic oxidation sites excluding steroid dienone is 7. The van der Waals surface area contributed by atoms with Gasteiger partial charge < -0.3 is 28.8 Å². The van der Waals surface area contributed by atoms with Gasteiger partial charge in [0.1, 0.15) is 13.2 Å². The van der Waals surface area contributed by atoms with Crippen LogP contribution in [0.2, 0.25) is 0 Å². The van der Waals surface area contributed by atoms with Gasteiger partial charge in [0.15, 0.2) is 0 Å². The van der Waals surface area contributed by atoms with Crippen LogP contribution in [-0.4, -0.2) is 68.5 Å². The normalized spacial score (nSPS) is 14.5. The maximum absolute atomic E-state index is 12.9. The molecule has 9 heteroatoms. The van der Waals surface area contributed by atoms with Crippen LogP contribution >= 0.6 is 7.82 Å². The van der Waals surface area contributed by atoms with E-state index >= 15 is 0 Å². The molecule has 0 heterocycles. The predicted octanol–water partition coefficient (Wildman–Crippen LogP) is 14.6. The molecule has 2 N–H and O–H groups in total. The van der Waals surface area contributed by atoms with Crippen molar-refractivity contribution in [2.75, 3.05) is 40.9 Å². The second kappa shape index (κ2) is 44.7. The highest BCUT2D eigenvalue weighted by molar-refractivity contribution is 7.45. The van der Waals surface area contributed by atoms with E-state index in [2.05, 4.69) is 55.6 Å². The van der Waals surface area contributed by atoms with Crippen LogP contribution in [-0.2, 0) is 18.4 Å². The molecule has 0 saturated carbocycles. The van der Waals surface area contributed by atoms with Crippen LogP contribution in [0.1, 0.15) is 232 Å². The standard InChI is InChI=1S/C53H101N2O6P/c1-6-8-10-12-14-16-18-20-22-24-25-26-27-28-29-30-31-32-34-36-38-40-42-44-46-52(56)51(50-61-62(58,59)60-49-48-55(3,4)5)54-53(57)47-45-43-41-39-37-35-33-23-21-19-17-15-13-11-9-7-2/h23,30-31,33,36,38,44,46,51-52,56H,6-22,24-29,32,34-35,37,39-43,45,47-50H2,1-5H3,(H-,54,57,58,59)/b31-30+,33-23-,38-36+,46-44+. The van der Waals surface area contributed by atoms with E-state index in [4.69, 9.17) is 9.05 Å². The number of phosphoric acid groups is 1. The highest BCUT2D eigenvalue weighted by Gasteiger charge is 2.23. The van der Waals surface area contributed by atoms with Gasteiger partial charge in [-0.25, -0.2) is 0 Å². The molecule has 8 nitrogen and oxygen atoms in total. The summed E-state index contributed by atoms with van der Waals surface area (Å²) in [5.74, 6) is -0.220. The fourth-order valence-corrected chi connectivity index (χ4v) is 8.08. The SMILES string of the molecule is CCCCCCCCC/C=C\CCCCCCCC(=O)NC(COP(=O)([O-])OCC[N+](C)(C)C)C(O)/C=C/CC/C=C/CC/C=C/CCCCCCCCCCCCCCCC. The zero-order valence-corrected chi connectivity index (χ0v) is 42.2. The minimum Gasteiger partial charge on any atom is -0.756 e. The Labute approximate surface area is 384 Å². The van der Waals surface area contributed by atoms with Crippen molar-refractivity contribution < 1.29 is 32.9 Å². The molecule has 0 aromatic heterocycles. The van der Waals surface area contributed by atoms with Gasteiger partial charge in [-0.15, -0.1) is 0 Å². The Balaban J connectivity index is 4.38. The average Bonchev–Trinajstić information content (AvgIpc) is 3.23. The third kappa shape index (κ3) is 46.5. The minimum atomic E-state index is -4.61. The highest BCUT2D eigenvalue weighted by atomic mass is 31.2. The molecule has 0 spiro atoms. The van der Waals surface area contributed by atoms with Crippen LogP contribution in [0.5, 0.6) is 0 Å². The van der Waals surface area contributed by atoms with Crippen LogP contribution in [0.3, 0.4) is 0 Å². The first kappa shape index (κ1) is 60.5. The van der Waals surface area contributed by atoms with E-state index in [0.717, 1.165) is 64.2 Å². The molecule has 3 unspecified atom stereocenters. The Morgan fingerprint density at radius 1 is 0.548 bits per heavy atom. The number of rotatable bonds is 47. The van der Waals surface area contributed by atoms with Crippen LogP contribution in [0.15, 0.2) is 48.6 Å². The smallest absolute Gasteiger partial charge is 0.268 e. The number of hydrogen-bond acceptors (Lipinski definition) is 6. The molecule has 0 aliphatic carbocycles. The number of hydrogen-bond donors (Lipinski definition) is 2. The molecular weight excluding hydrogens is 792 g/mol. The fourth-order valence-electron chi connectivity index (χ4n) is 7.36. The number of unbranched alkanes of at least 4 members (excludes halogenated alkanes) is 28. The van der Waals surface area contributed by atoms with E-state index in [9.17, 15) is 19.4 Å². The maximum Gasteiger partial charge on any atom is 0.268 e. The van der Waals surface area contributed by atoms with Gasteiger partial charge in [0.25, 0.3) is 7.82 Å². The molecule has 0 aliphatic heterocycles. The molecule has 0 saturated heterocycles. The first-order chi connectivity index (χ1) is 30.0. The molecule has 364 valence electrons. The molecular formula is C53H101N2O6P. The first-order valence-corrected chi connectivity index (χ1v) is 27.5. The number of quaternary nitrogens is 1. The third-order valence-corrected chi connectivity index (χ3v) is 12.5. The van der Waals surface area contributed by atoms with Crippen LogP contribution in [0.4, 0.5) is 0 Å². The van der Waals surface area contributed by atoms with Crippen LogP contribution < -0.4 is 10.2 Å². The van der Waals surface area contributed by atoms with Crippen molar-refractivity contribution in [3.8, 4) is 0 Å². The maximum atomic E-state index is 12.9. The topological polar surface area (TPSA) is 108 Å². The predicted molar refractivity (Wildman–Crippen MR) is 265 cm³/mol. The van der Waals surface area contributed by atoms with Gasteiger partial charge in [-0.2, -0.15) is 0 Å². The lowest BCUT2D eigenvalue weighted by molar-refractivity contribution is -0.870. The van der Waals surface area contributed by atoms with Gasteiger partial charge in [-0.05, 0) is 70.6 Å². The number of nitrogens with zero attached hydrogens (tertiary/aromatic N) is 1. The Bertz CT molecular complexity index is 1150. The van der Waals surface area contributed by atoms with Crippen molar-refractivity contribution in [3.05, 3.63) is 48.6 Å². The van der Waals surface area contributed by atoms with E-state index in [1.54, 1.807) is 6.08 Å². The van der Waals surface area contributed by atoms with Crippen LogP contribution in [0.25, 0.3) is 0 Å². The number of aliphatic hydroxyl groups excluding tert-OH is 1. The number of phosphoric ester groups is 1. The summed E-state index contributed by atoms with van der Waals surface area (Å²) >= 11 is 0. The van der Waals surface area contributed by atoms with Gasteiger partial charge in [-0.3, -0.25) is 9.36 Å². The molecule has 0 aromatic rings. The van der Waals surface area contributed by atoms with Gasteiger partial charge in [0.2, 0.25) is 5.91 Å². The fraction of sp³-hybridized carbons (Fsp3) is 0.830. The van der Waals surface area contributed by atoms with E-state index < -0.39 is 26.6 Å². The molecule has 0 radical (unpaired) electrons. The van der Waals surface area contributed by atoms with Crippen molar-refractivity contribution in [1.82, 2.24) is 5.32 Å². The molecule has 0 aromatic carbocycles.